The topological polar surface area (TPSA) is 94.4 Å². The monoisotopic (exact) mass is 280 g/mol. The summed E-state index contributed by atoms with van der Waals surface area (Å²) in [6.45, 7) is 3.96. The number of aromatic amines is 1. The Bertz CT molecular complexity index is 719. The molecule has 0 aliphatic heterocycles. The quantitative estimate of drug-likeness (QED) is 0.872. The minimum absolute atomic E-state index is 0.00320. The third kappa shape index (κ3) is 2.88. The maximum atomic E-state index is 12.1. The second-order valence-electron chi connectivity index (χ2n) is 4.38. The highest BCUT2D eigenvalue weighted by Gasteiger charge is 2.13. The van der Waals surface area contributed by atoms with Crippen molar-refractivity contribution in [1.82, 2.24) is 9.97 Å². The van der Waals surface area contributed by atoms with E-state index in [9.17, 15) is 9.59 Å². The second kappa shape index (κ2) is 5.87. The van der Waals surface area contributed by atoms with Crippen LogP contribution in [-0.2, 0) is 11.2 Å². The third-order valence-corrected chi connectivity index (χ3v) is 2.77. The van der Waals surface area contributed by atoms with E-state index in [1.54, 1.807) is 14.0 Å². The van der Waals surface area contributed by atoms with Crippen molar-refractivity contribution in [3.8, 4) is 6.01 Å². The summed E-state index contributed by atoms with van der Waals surface area (Å²) in [5.74, 6) is 0. The molecule has 1 atom stereocenters. The van der Waals surface area contributed by atoms with Gasteiger partial charge in [-0.15, -0.1) is 0 Å². The largest absolute Gasteiger partial charge is 0.459 e. The van der Waals surface area contributed by atoms with Crippen LogP contribution in [0.3, 0.4) is 0 Å². The van der Waals surface area contributed by atoms with Crippen LogP contribution in [0.15, 0.2) is 20.1 Å². The highest BCUT2D eigenvalue weighted by Crippen LogP contribution is 2.14. The second-order valence-corrected chi connectivity index (χ2v) is 4.38. The van der Waals surface area contributed by atoms with Crippen LogP contribution >= 0.6 is 0 Å². The predicted octanol–water partition coefficient (Wildman–Crippen LogP) is 0.852. The first-order valence-corrected chi connectivity index (χ1v) is 6.27. The Hall–Kier alpha value is -2.15. The Morgan fingerprint density at radius 3 is 2.85 bits per heavy atom. The first-order chi connectivity index (χ1) is 9.55. The summed E-state index contributed by atoms with van der Waals surface area (Å²) in [5, 5.41) is 0.277. The molecule has 1 N–H and O–H groups in total. The SMILES string of the molecule is CCc1cc(=O)oc2nc(OC(C)COC)[nH]c(=O)c12. The van der Waals surface area contributed by atoms with Crippen molar-refractivity contribution in [2.45, 2.75) is 26.4 Å². The van der Waals surface area contributed by atoms with Gasteiger partial charge in [0.2, 0.25) is 5.71 Å². The molecule has 0 bridgehead atoms. The number of nitrogens with one attached hydrogen (secondary N) is 1. The number of nitrogens with zero attached hydrogens (tertiary/aromatic N) is 1. The van der Waals surface area contributed by atoms with Crippen LogP contribution in [0.25, 0.3) is 11.1 Å². The van der Waals surface area contributed by atoms with Gasteiger partial charge in [-0.1, -0.05) is 6.92 Å². The van der Waals surface area contributed by atoms with Crippen LogP contribution in [0, 0.1) is 0 Å². The Morgan fingerprint density at radius 2 is 2.20 bits per heavy atom. The molecule has 0 saturated carbocycles. The van der Waals surface area contributed by atoms with E-state index >= 15 is 0 Å². The van der Waals surface area contributed by atoms with E-state index in [1.807, 2.05) is 6.92 Å². The average Bonchev–Trinajstić information content (AvgIpc) is 2.37. The van der Waals surface area contributed by atoms with Gasteiger partial charge < -0.3 is 13.9 Å². The maximum absolute atomic E-state index is 12.1. The van der Waals surface area contributed by atoms with Gasteiger partial charge in [-0.2, -0.15) is 4.98 Å². The Balaban J connectivity index is 2.52. The fraction of sp³-hybridized carbons (Fsp3) is 0.462. The third-order valence-electron chi connectivity index (χ3n) is 2.77. The standard InChI is InChI=1S/C13H16N2O5/c1-4-8-5-9(16)20-12-10(8)11(17)14-13(15-12)19-7(2)6-18-3/h5,7H,4,6H2,1-3H3,(H,14,15,17). The number of methoxy groups -OCH3 is 1. The van der Waals surface area contributed by atoms with Gasteiger partial charge in [-0.05, 0) is 18.9 Å². The summed E-state index contributed by atoms with van der Waals surface area (Å²) < 4.78 is 15.3. The molecule has 0 fully saturated rings. The van der Waals surface area contributed by atoms with Crippen molar-refractivity contribution in [1.29, 1.82) is 0 Å². The number of rotatable bonds is 5. The lowest BCUT2D eigenvalue weighted by molar-refractivity contribution is 0.0854. The van der Waals surface area contributed by atoms with Gasteiger partial charge in [0, 0.05) is 13.2 Å². The molecule has 108 valence electrons. The molecule has 0 amide bonds. The fourth-order valence-electron chi connectivity index (χ4n) is 1.92. The summed E-state index contributed by atoms with van der Waals surface area (Å²) in [6, 6.07) is 1.30. The van der Waals surface area contributed by atoms with Gasteiger partial charge in [-0.3, -0.25) is 9.78 Å². The molecular weight excluding hydrogens is 264 g/mol. The van der Waals surface area contributed by atoms with Gasteiger partial charge in [0.1, 0.15) is 11.5 Å². The lowest BCUT2D eigenvalue weighted by atomic mass is 10.1. The van der Waals surface area contributed by atoms with Crippen LogP contribution in [0.5, 0.6) is 6.01 Å². The fourth-order valence-corrected chi connectivity index (χ4v) is 1.92. The number of ether oxygens (including phenoxy) is 2. The maximum Gasteiger partial charge on any atom is 0.337 e. The summed E-state index contributed by atoms with van der Waals surface area (Å²) in [4.78, 5) is 30.0. The van der Waals surface area contributed by atoms with Crippen LogP contribution in [0.4, 0.5) is 0 Å². The zero-order valence-corrected chi connectivity index (χ0v) is 11.6. The van der Waals surface area contributed by atoms with E-state index in [-0.39, 0.29) is 23.2 Å². The predicted molar refractivity (Wildman–Crippen MR) is 72.2 cm³/mol. The number of H-pyrrole nitrogens is 1. The molecule has 0 aliphatic carbocycles. The summed E-state index contributed by atoms with van der Waals surface area (Å²) >= 11 is 0. The number of aromatic nitrogens is 2. The van der Waals surface area contributed by atoms with Crippen LogP contribution in [0.2, 0.25) is 0 Å². The molecule has 2 rings (SSSR count). The molecule has 0 spiro atoms. The Morgan fingerprint density at radius 1 is 1.45 bits per heavy atom. The summed E-state index contributed by atoms with van der Waals surface area (Å²) in [7, 11) is 1.54. The number of hydrogen-bond donors (Lipinski definition) is 1. The molecule has 2 aromatic heterocycles. The smallest absolute Gasteiger partial charge is 0.337 e. The van der Waals surface area contributed by atoms with Crippen molar-refractivity contribution >= 4 is 11.1 Å². The van der Waals surface area contributed by atoms with Crippen molar-refractivity contribution in [2.24, 2.45) is 0 Å². The van der Waals surface area contributed by atoms with Crippen molar-refractivity contribution < 1.29 is 13.9 Å². The average molecular weight is 280 g/mol. The van der Waals surface area contributed by atoms with Crippen LogP contribution in [0.1, 0.15) is 19.4 Å². The first-order valence-electron chi connectivity index (χ1n) is 6.27. The lowest BCUT2D eigenvalue weighted by Gasteiger charge is -2.12. The molecule has 0 saturated heterocycles. The number of fused-ring (bicyclic) bond motifs is 1. The molecule has 7 nitrogen and oxygen atoms in total. The van der Waals surface area contributed by atoms with Gasteiger partial charge in [0.15, 0.2) is 0 Å². The highest BCUT2D eigenvalue weighted by atomic mass is 16.5. The van der Waals surface area contributed by atoms with E-state index < -0.39 is 11.2 Å². The Labute approximate surface area is 114 Å². The zero-order chi connectivity index (χ0) is 14.7. The minimum Gasteiger partial charge on any atom is -0.459 e. The zero-order valence-electron chi connectivity index (χ0n) is 11.6. The lowest BCUT2D eigenvalue weighted by Crippen LogP contribution is -2.22. The molecule has 2 aromatic rings. The van der Waals surface area contributed by atoms with E-state index in [2.05, 4.69) is 9.97 Å². The highest BCUT2D eigenvalue weighted by molar-refractivity contribution is 5.75. The van der Waals surface area contributed by atoms with Crippen LogP contribution < -0.4 is 15.9 Å². The van der Waals surface area contributed by atoms with Gasteiger partial charge in [0.05, 0.1) is 6.61 Å². The summed E-state index contributed by atoms with van der Waals surface area (Å²) in [5.41, 5.74) is -0.349. The molecule has 0 aliphatic rings. The molecule has 0 aromatic carbocycles. The van der Waals surface area contributed by atoms with E-state index in [0.29, 0.717) is 18.6 Å². The molecule has 20 heavy (non-hydrogen) atoms. The molecule has 0 radical (unpaired) electrons. The van der Waals surface area contributed by atoms with E-state index in [1.165, 1.54) is 6.07 Å². The first kappa shape index (κ1) is 14.3. The van der Waals surface area contributed by atoms with Crippen molar-refractivity contribution in [3.63, 3.8) is 0 Å². The van der Waals surface area contributed by atoms with E-state index in [4.69, 9.17) is 13.9 Å². The molecular formula is C13H16N2O5. The van der Waals surface area contributed by atoms with Crippen molar-refractivity contribution in [3.05, 3.63) is 32.4 Å². The van der Waals surface area contributed by atoms with Crippen molar-refractivity contribution in [2.75, 3.05) is 13.7 Å². The Kier molecular flexibility index (Phi) is 4.19. The molecule has 7 heteroatoms. The van der Waals surface area contributed by atoms with Gasteiger partial charge in [0.25, 0.3) is 11.6 Å². The normalized spacial score (nSPS) is 12.6. The number of aryl methyl sites for hydroxylation is 1. The van der Waals surface area contributed by atoms with E-state index in [0.717, 1.165) is 0 Å². The molecule has 2 heterocycles. The minimum atomic E-state index is -0.539. The van der Waals surface area contributed by atoms with Crippen LogP contribution in [-0.4, -0.2) is 29.8 Å². The van der Waals surface area contributed by atoms with Gasteiger partial charge in [-0.25, -0.2) is 4.79 Å². The number of hydrogen-bond acceptors (Lipinski definition) is 6. The summed E-state index contributed by atoms with van der Waals surface area (Å²) in [6.07, 6.45) is 0.245. The van der Waals surface area contributed by atoms with Gasteiger partial charge >= 0.3 is 5.63 Å². The molecule has 1 unspecified atom stereocenters.